The summed E-state index contributed by atoms with van der Waals surface area (Å²) < 4.78 is 22.0. The summed E-state index contributed by atoms with van der Waals surface area (Å²) in [7, 11) is 1.60. The Balaban J connectivity index is 1.07. The van der Waals surface area contributed by atoms with E-state index in [0.29, 0.717) is 19.0 Å². The molecule has 0 atom stereocenters. The summed E-state index contributed by atoms with van der Waals surface area (Å²) in [6.07, 6.45) is -0.0597. The van der Waals surface area contributed by atoms with Gasteiger partial charge >= 0.3 is 11.8 Å². The molecule has 2 aromatic carbocycles. The first-order valence-corrected chi connectivity index (χ1v) is 11.3. The van der Waals surface area contributed by atoms with E-state index in [0.717, 1.165) is 43.4 Å². The molecule has 1 amide bonds. The lowest BCUT2D eigenvalue weighted by molar-refractivity contribution is -0.0991. The van der Waals surface area contributed by atoms with E-state index in [1.165, 1.54) is 5.56 Å². The maximum Gasteiger partial charge on any atom is 0.311 e. The maximum absolute atomic E-state index is 12.7. The molecule has 9 heteroatoms. The van der Waals surface area contributed by atoms with E-state index in [9.17, 15) is 4.79 Å². The Morgan fingerprint density at radius 2 is 1.79 bits per heavy atom. The predicted octanol–water partition coefficient (Wildman–Crippen LogP) is 2.77. The van der Waals surface area contributed by atoms with Gasteiger partial charge in [-0.05, 0) is 42.0 Å². The van der Waals surface area contributed by atoms with Crippen molar-refractivity contribution in [1.29, 1.82) is 0 Å². The third kappa shape index (κ3) is 4.90. The molecule has 2 saturated heterocycles. The van der Waals surface area contributed by atoms with Crippen molar-refractivity contribution in [1.82, 2.24) is 20.4 Å². The molecule has 5 rings (SSSR count). The molecule has 0 bridgehead atoms. The number of likely N-dealkylation sites (tertiary alicyclic amines) is 1. The van der Waals surface area contributed by atoms with Crippen molar-refractivity contribution in [2.24, 2.45) is 5.41 Å². The van der Waals surface area contributed by atoms with Crippen molar-refractivity contribution in [3.8, 4) is 23.0 Å². The molecule has 0 spiro atoms. The molecule has 2 aliphatic rings. The smallest absolute Gasteiger partial charge is 0.311 e. The van der Waals surface area contributed by atoms with Crippen LogP contribution >= 0.6 is 0 Å². The fraction of sp³-hybridized carbons (Fsp3) is 0.400. The van der Waals surface area contributed by atoms with Gasteiger partial charge in [-0.15, -0.1) is 10.2 Å². The van der Waals surface area contributed by atoms with Crippen LogP contribution in [0.15, 0.2) is 52.9 Å². The van der Waals surface area contributed by atoms with Crippen LogP contribution in [0.3, 0.4) is 0 Å². The van der Waals surface area contributed by atoms with Crippen LogP contribution < -0.4 is 14.8 Å². The van der Waals surface area contributed by atoms with Crippen molar-refractivity contribution in [3.63, 3.8) is 0 Å². The average Bonchev–Trinajstić information content (AvgIpc) is 3.31. The number of hydrogen-bond donors (Lipinski definition) is 1. The summed E-state index contributed by atoms with van der Waals surface area (Å²) in [6.45, 7) is 6.58. The van der Waals surface area contributed by atoms with Gasteiger partial charge in [0.05, 0.1) is 33.4 Å². The second kappa shape index (κ2) is 9.44. The molecular formula is C25H28N4O5. The van der Waals surface area contributed by atoms with Crippen molar-refractivity contribution in [2.45, 2.75) is 19.6 Å². The molecule has 34 heavy (non-hydrogen) atoms. The zero-order valence-corrected chi connectivity index (χ0v) is 19.3. The third-order valence-electron chi connectivity index (χ3n) is 6.09. The maximum atomic E-state index is 12.7. The predicted molar refractivity (Wildman–Crippen MR) is 124 cm³/mol. The monoisotopic (exact) mass is 464 g/mol. The van der Waals surface area contributed by atoms with Crippen molar-refractivity contribution < 1.29 is 23.4 Å². The van der Waals surface area contributed by atoms with Crippen LogP contribution in [-0.2, 0) is 11.3 Å². The van der Waals surface area contributed by atoms with Crippen molar-refractivity contribution in [2.75, 3.05) is 40.0 Å². The number of nitrogens with one attached hydrogen (secondary N) is 1. The summed E-state index contributed by atoms with van der Waals surface area (Å²) in [6, 6.07) is 15.3. The van der Waals surface area contributed by atoms with Crippen LogP contribution in [-0.4, -0.2) is 67.1 Å². The van der Waals surface area contributed by atoms with E-state index >= 15 is 0 Å². The van der Waals surface area contributed by atoms with E-state index in [4.69, 9.17) is 18.6 Å². The molecule has 0 aliphatic carbocycles. The molecule has 1 aromatic heterocycles. The Labute approximate surface area is 198 Å². The number of carbonyl (C=O) groups is 1. The number of benzene rings is 2. The minimum Gasteiger partial charge on any atom is -0.497 e. The van der Waals surface area contributed by atoms with Crippen LogP contribution in [0.1, 0.15) is 23.2 Å². The van der Waals surface area contributed by atoms with Gasteiger partial charge in [0.15, 0.2) is 0 Å². The highest BCUT2D eigenvalue weighted by molar-refractivity contribution is 5.90. The lowest BCUT2D eigenvalue weighted by Crippen LogP contribution is -2.56. The first-order valence-electron chi connectivity index (χ1n) is 11.3. The summed E-state index contributed by atoms with van der Waals surface area (Å²) in [5, 5.41) is 11.4. The number of nitrogens with zero attached hydrogens (tertiary/aromatic N) is 3. The van der Waals surface area contributed by atoms with Gasteiger partial charge in [-0.1, -0.05) is 19.1 Å². The highest BCUT2D eigenvalue weighted by Gasteiger charge is 2.35. The summed E-state index contributed by atoms with van der Waals surface area (Å²) in [4.78, 5) is 14.3. The standard InChI is InChI=1S/C25H28N4O5/c1-25(15-32-16-25)14-26-11-17-3-7-20(8-4-17)33-21-12-29(13-21)24(30)23-28-27-22(34-23)18-5-9-19(31-2)10-6-18/h3-10,21,26H,11-16H2,1-2H3. The Morgan fingerprint density at radius 1 is 1.09 bits per heavy atom. The molecule has 1 N–H and O–H groups in total. The molecule has 178 valence electrons. The van der Waals surface area contributed by atoms with E-state index < -0.39 is 0 Å². The normalized spacial score (nSPS) is 17.1. The van der Waals surface area contributed by atoms with Crippen LogP contribution in [0.4, 0.5) is 0 Å². The quantitative estimate of drug-likeness (QED) is 0.516. The molecular weight excluding hydrogens is 436 g/mol. The minimum atomic E-state index is -0.293. The van der Waals surface area contributed by atoms with Gasteiger partial charge in [0, 0.05) is 24.1 Å². The number of aromatic nitrogens is 2. The Morgan fingerprint density at radius 3 is 2.44 bits per heavy atom. The van der Waals surface area contributed by atoms with E-state index in [1.54, 1.807) is 36.3 Å². The lowest BCUT2D eigenvalue weighted by Gasteiger charge is -2.38. The highest BCUT2D eigenvalue weighted by Crippen LogP contribution is 2.26. The topological polar surface area (TPSA) is 99.0 Å². The molecule has 0 radical (unpaired) electrons. The van der Waals surface area contributed by atoms with Gasteiger partial charge in [-0.25, -0.2) is 0 Å². The molecule has 9 nitrogen and oxygen atoms in total. The summed E-state index contributed by atoms with van der Waals surface area (Å²) in [5.41, 5.74) is 2.18. The Hall–Kier alpha value is -3.43. The van der Waals surface area contributed by atoms with Crippen molar-refractivity contribution >= 4 is 5.91 Å². The van der Waals surface area contributed by atoms with Crippen molar-refractivity contribution in [3.05, 3.63) is 60.0 Å². The summed E-state index contributed by atoms with van der Waals surface area (Å²) in [5.74, 6) is 1.50. The van der Waals surface area contributed by atoms with E-state index in [1.807, 2.05) is 12.1 Å². The van der Waals surface area contributed by atoms with E-state index in [2.05, 4.69) is 34.6 Å². The number of methoxy groups -OCH3 is 1. The molecule has 3 aromatic rings. The fourth-order valence-corrected chi connectivity index (χ4v) is 3.91. The fourth-order valence-electron chi connectivity index (χ4n) is 3.91. The van der Waals surface area contributed by atoms with Crippen LogP contribution in [0, 0.1) is 5.41 Å². The zero-order valence-electron chi connectivity index (χ0n) is 19.3. The number of amides is 1. The van der Waals surface area contributed by atoms with Crippen LogP contribution in [0.5, 0.6) is 11.5 Å². The van der Waals surface area contributed by atoms with Crippen LogP contribution in [0.2, 0.25) is 0 Å². The number of rotatable bonds is 9. The molecule has 2 fully saturated rings. The zero-order chi connectivity index (χ0) is 23.5. The van der Waals surface area contributed by atoms with Crippen LogP contribution in [0.25, 0.3) is 11.5 Å². The lowest BCUT2D eigenvalue weighted by atomic mass is 9.89. The SMILES string of the molecule is COc1ccc(-c2nnc(C(=O)N3CC(Oc4ccc(CNCC5(C)COC5)cc4)C3)o2)cc1. The Kier molecular flexibility index (Phi) is 6.21. The second-order valence-corrected chi connectivity index (χ2v) is 9.14. The number of hydrogen-bond acceptors (Lipinski definition) is 8. The third-order valence-corrected chi connectivity index (χ3v) is 6.09. The van der Waals surface area contributed by atoms with Gasteiger partial charge in [0.1, 0.15) is 17.6 Å². The molecule has 3 heterocycles. The molecule has 0 unspecified atom stereocenters. The largest absolute Gasteiger partial charge is 0.497 e. The Bertz CT molecular complexity index is 1120. The highest BCUT2D eigenvalue weighted by atomic mass is 16.5. The van der Waals surface area contributed by atoms with Gasteiger partial charge in [0.2, 0.25) is 5.89 Å². The van der Waals surface area contributed by atoms with Gasteiger partial charge < -0.3 is 28.8 Å². The van der Waals surface area contributed by atoms with E-state index in [-0.39, 0.29) is 23.3 Å². The number of carbonyl (C=O) groups excluding carboxylic acids is 1. The van der Waals surface area contributed by atoms with Gasteiger partial charge in [-0.2, -0.15) is 0 Å². The minimum absolute atomic E-state index is 0.0246. The van der Waals surface area contributed by atoms with Gasteiger partial charge in [-0.3, -0.25) is 4.79 Å². The first kappa shape index (κ1) is 22.4. The first-order chi connectivity index (χ1) is 16.5. The average molecular weight is 465 g/mol. The summed E-state index contributed by atoms with van der Waals surface area (Å²) >= 11 is 0. The molecule has 0 saturated carbocycles. The number of ether oxygens (including phenoxy) is 3. The second-order valence-electron chi connectivity index (χ2n) is 9.14. The molecule has 2 aliphatic heterocycles. The van der Waals surface area contributed by atoms with Gasteiger partial charge in [0.25, 0.3) is 0 Å².